The molecule has 0 aliphatic rings. The molecule has 0 heterocycles. The van der Waals surface area contributed by atoms with Crippen molar-refractivity contribution in [3.05, 3.63) is 48.5 Å². The molecular weight excluding hydrogens is 358 g/mol. The van der Waals surface area contributed by atoms with Gasteiger partial charge in [0.25, 0.3) is 0 Å². The molecule has 0 atom stereocenters. The van der Waals surface area contributed by atoms with E-state index in [9.17, 15) is 0 Å². The van der Waals surface area contributed by atoms with Gasteiger partial charge in [0.05, 0.1) is 0 Å². The molecule has 0 aromatic heterocycles. The normalized spacial score (nSPS) is 7.18. The van der Waals surface area contributed by atoms with E-state index in [1.54, 1.807) is 0 Å². The van der Waals surface area contributed by atoms with Crippen LogP contribution in [0.1, 0.15) is 0 Å². The minimum atomic E-state index is -4.33. The Bertz CT molecular complexity index is 480. The van der Waals surface area contributed by atoms with Gasteiger partial charge in [-0.2, -0.15) is 0 Å². The summed E-state index contributed by atoms with van der Waals surface area (Å²) in [6.45, 7) is 0. The molecule has 0 aliphatic heterocycles. The standard InChI is InChI=1S/C10H8.2Na.H2O3S2.5H2O/c1-2-6-10-8-4-3-7-9(10)5-1;;;1-5(2,3)4;;;;;/h1-8H;;;(H2,1,2,3,4);5*1H2/q;2*+1;;;;;;/p-2. The Balaban J connectivity index is -0.0000000346. The summed E-state index contributed by atoms with van der Waals surface area (Å²) in [6, 6.07) is 16.7. The van der Waals surface area contributed by atoms with E-state index in [4.69, 9.17) is 13.3 Å². The van der Waals surface area contributed by atoms with Crippen molar-refractivity contribution >= 4 is 31.0 Å². The second-order valence-electron chi connectivity index (χ2n) is 2.76. The molecule has 22 heavy (non-hydrogen) atoms. The van der Waals surface area contributed by atoms with Crippen molar-refractivity contribution in [3.63, 3.8) is 0 Å². The van der Waals surface area contributed by atoms with Crippen LogP contribution in [-0.2, 0) is 20.2 Å². The predicted octanol–water partition coefficient (Wildman–Crippen LogP) is -8.28. The van der Waals surface area contributed by atoms with Gasteiger partial charge in [-0.15, -0.1) is 9.05 Å². The summed E-state index contributed by atoms with van der Waals surface area (Å²) < 4.78 is 26.7. The van der Waals surface area contributed by atoms with E-state index in [0.717, 1.165) is 0 Å². The average Bonchev–Trinajstić information content (AvgIpc) is 2.16. The van der Waals surface area contributed by atoms with Crippen molar-refractivity contribution in [2.45, 2.75) is 0 Å². The van der Waals surface area contributed by atoms with Crippen LogP contribution in [0.2, 0.25) is 0 Å². The zero-order chi connectivity index (χ0) is 11.3. The van der Waals surface area contributed by atoms with Crippen LogP contribution in [0.25, 0.3) is 10.8 Å². The molecule has 0 fully saturated rings. The fourth-order valence-corrected chi connectivity index (χ4v) is 1.13. The smallest absolute Gasteiger partial charge is 0.780 e. The largest absolute Gasteiger partial charge is 1.00 e. The third kappa shape index (κ3) is 23.1. The van der Waals surface area contributed by atoms with Crippen molar-refractivity contribution in [2.24, 2.45) is 0 Å². The Morgan fingerprint density at radius 1 is 0.682 bits per heavy atom. The van der Waals surface area contributed by atoms with E-state index < -0.39 is 9.05 Å². The summed E-state index contributed by atoms with van der Waals surface area (Å²) in [4.78, 5) is 0. The van der Waals surface area contributed by atoms with Gasteiger partial charge in [-0.3, -0.25) is 4.21 Å². The van der Waals surface area contributed by atoms with Crippen LogP contribution < -0.4 is 59.1 Å². The molecular formula is C10H18Na2O8S2. The molecule has 8 nitrogen and oxygen atoms in total. The van der Waals surface area contributed by atoms with Gasteiger partial charge in [0.2, 0.25) is 0 Å². The molecule has 0 bridgehead atoms. The van der Waals surface area contributed by atoms with Crippen molar-refractivity contribution in [3.8, 4) is 0 Å². The van der Waals surface area contributed by atoms with Gasteiger partial charge in [-0.25, -0.2) is 0 Å². The van der Waals surface area contributed by atoms with E-state index in [1.807, 2.05) is 0 Å². The topological polar surface area (TPSA) is 221 Å². The molecule has 2 aromatic carbocycles. The molecule has 12 heteroatoms. The first-order valence-corrected chi connectivity index (χ1v) is 6.40. The molecule has 120 valence electrons. The third-order valence-electron chi connectivity index (χ3n) is 1.66. The van der Waals surface area contributed by atoms with E-state index in [-0.39, 0.29) is 86.5 Å². The van der Waals surface area contributed by atoms with Crippen LogP contribution in [0.3, 0.4) is 0 Å². The first kappa shape index (κ1) is 43.4. The monoisotopic (exact) mass is 376 g/mol. The summed E-state index contributed by atoms with van der Waals surface area (Å²) in [6.07, 6.45) is 0. The molecule has 0 saturated heterocycles. The second kappa shape index (κ2) is 21.8. The number of hydrogen-bond donors (Lipinski definition) is 0. The fourth-order valence-electron chi connectivity index (χ4n) is 1.13. The van der Waals surface area contributed by atoms with Gasteiger partial charge < -0.3 is 36.5 Å². The summed E-state index contributed by atoms with van der Waals surface area (Å²) >= 11 is 3.24. The van der Waals surface area contributed by atoms with Gasteiger partial charge in [-0.05, 0) is 22.0 Å². The molecule has 2 aromatic rings. The van der Waals surface area contributed by atoms with Crippen LogP contribution in [0.5, 0.6) is 0 Å². The van der Waals surface area contributed by atoms with Gasteiger partial charge in [0.15, 0.2) is 0 Å². The van der Waals surface area contributed by atoms with Gasteiger partial charge in [-0.1, -0.05) is 48.5 Å². The second-order valence-corrected chi connectivity index (χ2v) is 4.80. The summed E-state index contributed by atoms with van der Waals surface area (Å²) in [5.41, 5.74) is 0. The molecule has 0 spiro atoms. The Hall–Kier alpha value is 0.790. The van der Waals surface area contributed by atoms with Gasteiger partial charge in [0.1, 0.15) is 0 Å². The Kier molecular flexibility index (Phi) is 43.0. The first-order chi connectivity index (χ1) is 6.97. The third-order valence-corrected chi connectivity index (χ3v) is 1.66. The number of fused-ring (bicyclic) bond motifs is 1. The van der Waals surface area contributed by atoms with Crippen LogP contribution >= 0.6 is 0 Å². The van der Waals surface area contributed by atoms with Crippen LogP contribution in [0.15, 0.2) is 48.5 Å². The van der Waals surface area contributed by atoms with E-state index in [0.29, 0.717) is 0 Å². The minimum Gasteiger partial charge on any atom is -0.780 e. The number of rotatable bonds is 0. The first-order valence-electron chi connectivity index (χ1n) is 4.07. The SMILES string of the molecule is O.O.O.O.O.O=S([O-])([O-])=S.[Na+].[Na+].c1ccc2ccccc2c1. The van der Waals surface area contributed by atoms with Gasteiger partial charge in [0, 0.05) is 0 Å². The van der Waals surface area contributed by atoms with E-state index >= 15 is 0 Å². The van der Waals surface area contributed by atoms with E-state index in [1.165, 1.54) is 10.8 Å². The van der Waals surface area contributed by atoms with Crippen molar-refractivity contribution in [1.82, 2.24) is 0 Å². The maximum Gasteiger partial charge on any atom is 1.00 e. The number of hydrogen-bond acceptors (Lipinski definition) is 4. The Labute approximate surface area is 177 Å². The van der Waals surface area contributed by atoms with Crippen LogP contribution in [-0.4, -0.2) is 40.7 Å². The van der Waals surface area contributed by atoms with Crippen LogP contribution in [0.4, 0.5) is 0 Å². The van der Waals surface area contributed by atoms with Gasteiger partial charge >= 0.3 is 59.1 Å². The summed E-state index contributed by atoms with van der Waals surface area (Å²) in [5.74, 6) is 0. The quantitative estimate of drug-likeness (QED) is 0.408. The predicted molar refractivity (Wildman–Crippen MR) is 79.1 cm³/mol. The minimum absolute atomic E-state index is 0. The zero-order valence-corrected chi connectivity index (χ0v) is 17.8. The molecule has 10 N–H and O–H groups in total. The van der Waals surface area contributed by atoms with Crippen molar-refractivity contribution < 1.29 is 99.8 Å². The zero-order valence-electron chi connectivity index (χ0n) is 12.2. The molecule has 0 saturated carbocycles. The molecule has 0 aliphatic carbocycles. The van der Waals surface area contributed by atoms with E-state index in [2.05, 4.69) is 59.7 Å². The van der Waals surface area contributed by atoms with Crippen molar-refractivity contribution in [2.75, 3.05) is 0 Å². The fraction of sp³-hybridized carbons (Fsp3) is 0. The Morgan fingerprint density at radius 2 is 0.818 bits per heavy atom. The molecule has 0 radical (unpaired) electrons. The maximum atomic E-state index is 8.89. The average molecular weight is 376 g/mol. The molecule has 0 amide bonds. The molecule has 0 unspecified atom stereocenters. The Morgan fingerprint density at radius 3 is 0.955 bits per heavy atom. The van der Waals surface area contributed by atoms with Crippen LogP contribution in [0, 0.1) is 0 Å². The summed E-state index contributed by atoms with van der Waals surface area (Å²) in [7, 11) is -4.33. The summed E-state index contributed by atoms with van der Waals surface area (Å²) in [5, 5.41) is 2.62. The molecule has 2 rings (SSSR count). The maximum absolute atomic E-state index is 8.89. The number of benzene rings is 2. The van der Waals surface area contributed by atoms with Crippen molar-refractivity contribution in [1.29, 1.82) is 0 Å².